The van der Waals surface area contributed by atoms with Gasteiger partial charge < -0.3 is 16.0 Å². The first-order valence-electron chi connectivity index (χ1n) is 7.42. The highest BCUT2D eigenvalue weighted by Gasteiger charge is 2.33. The van der Waals surface area contributed by atoms with Gasteiger partial charge in [0.05, 0.1) is 13.1 Å². The maximum atomic E-state index is 12.1. The van der Waals surface area contributed by atoms with Crippen molar-refractivity contribution < 1.29 is 9.59 Å². The fourth-order valence-corrected chi connectivity index (χ4v) is 2.89. The van der Waals surface area contributed by atoms with Gasteiger partial charge in [0.1, 0.15) is 0 Å². The van der Waals surface area contributed by atoms with Crippen molar-refractivity contribution in [3.63, 3.8) is 0 Å². The van der Waals surface area contributed by atoms with E-state index >= 15 is 0 Å². The number of nitrogens with zero attached hydrogens (tertiary/aromatic N) is 1. The number of nitrogens with one attached hydrogen (secondary N) is 1. The van der Waals surface area contributed by atoms with Gasteiger partial charge in [-0.15, -0.1) is 12.4 Å². The fraction of sp³-hybridized carbons (Fsp3) is 0.500. The molecule has 1 fully saturated rings. The summed E-state index contributed by atoms with van der Waals surface area (Å²) in [6.45, 7) is 2.80. The molecular weight excluding hydrogens is 302 g/mol. The van der Waals surface area contributed by atoms with Gasteiger partial charge in [0.25, 0.3) is 0 Å². The van der Waals surface area contributed by atoms with E-state index in [-0.39, 0.29) is 43.4 Å². The van der Waals surface area contributed by atoms with Crippen LogP contribution in [0.1, 0.15) is 18.9 Å². The van der Waals surface area contributed by atoms with Gasteiger partial charge in [0.2, 0.25) is 11.8 Å². The van der Waals surface area contributed by atoms with Crippen LogP contribution >= 0.6 is 12.4 Å². The first-order valence-corrected chi connectivity index (χ1v) is 7.42. The van der Waals surface area contributed by atoms with Crippen molar-refractivity contribution in [3.05, 3.63) is 35.9 Å². The summed E-state index contributed by atoms with van der Waals surface area (Å²) in [7, 11) is 0. The molecule has 6 heteroatoms. The highest BCUT2D eigenvalue weighted by atomic mass is 35.5. The molecule has 0 bridgehead atoms. The summed E-state index contributed by atoms with van der Waals surface area (Å²) in [4.78, 5) is 25.1. The lowest BCUT2D eigenvalue weighted by Gasteiger charge is -2.25. The maximum Gasteiger partial charge on any atom is 0.242 e. The minimum atomic E-state index is -0.295. The van der Waals surface area contributed by atoms with Gasteiger partial charge in [-0.05, 0) is 31.2 Å². The Labute approximate surface area is 137 Å². The molecule has 0 saturated carbocycles. The second-order valence-electron chi connectivity index (χ2n) is 5.55. The largest absolute Gasteiger partial charge is 0.346 e. The lowest BCUT2D eigenvalue weighted by molar-refractivity contribution is -0.133. The van der Waals surface area contributed by atoms with E-state index in [9.17, 15) is 9.59 Å². The van der Waals surface area contributed by atoms with Gasteiger partial charge in [-0.3, -0.25) is 9.59 Å². The monoisotopic (exact) mass is 325 g/mol. The molecule has 2 unspecified atom stereocenters. The Balaban J connectivity index is 0.00000242. The second kappa shape index (κ2) is 8.76. The number of likely N-dealkylation sites (tertiary alicyclic amines) is 1. The SMILES string of the molecule is CC1C(Cc2ccccc2)CCN1C(=O)CNC(=O)CN.Cl. The van der Waals surface area contributed by atoms with E-state index in [4.69, 9.17) is 5.73 Å². The van der Waals surface area contributed by atoms with Crippen LogP contribution in [-0.4, -0.2) is 42.4 Å². The summed E-state index contributed by atoms with van der Waals surface area (Å²) < 4.78 is 0. The summed E-state index contributed by atoms with van der Waals surface area (Å²) in [6, 6.07) is 10.5. The average molecular weight is 326 g/mol. The highest BCUT2D eigenvalue weighted by Crippen LogP contribution is 2.27. The third-order valence-electron chi connectivity index (χ3n) is 4.20. The molecule has 1 saturated heterocycles. The summed E-state index contributed by atoms with van der Waals surface area (Å²) in [5, 5.41) is 2.54. The summed E-state index contributed by atoms with van der Waals surface area (Å²) >= 11 is 0. The molecule has 1 heterocycles. The van der Waals surface area contributed by atoms with Crippen molar-refractivity contribution in [1.82, 2.24) is 10.2 Å². The molecule has 1 aliphatic rings. The Bertz CT molecular complexity index is 495. The topological polar surface area (TPSA) is 75.4 Å². The van der Waals surface area contributed by atoms with Crippen molar-refractivity contribution in [2.75, 3.05) is 19.6 Å². The standard InChI is InChI=1S/C16H23N3O2.ClH/c1-12-14(9-13-5-3-2-4-6-13)7-8-19(12)16(21)11-18-15(20)10-17;/h2-6,12,14H,7-11,17H2,1H3,(H,18,20);1H. The van der Waals surface area contributed by atoms with Crippen LogP contribution in [0, 0.1) is 5.92 Å². The Kier molecular flexibility index (Phi) is 7.35. The van der Waals surface area contributed by atoms with E-state index in [2.05, 4.69) is 24.4 Å². The van der Waals surface area contributed by atoms with Gasteiger partial charge in [0.15, 0.2) is 0 Å². The first kappa shape index (κ1) is 18.5. The lowest BCUT2D eigenvalue weighted by Crippen LogP contribution is -2.44. The molecule has 22 heavy (non-hydrogen) atoms. The zero-order chi connectivity index (χ0) is 15.2. The highest BCUT2D eigenvalue weighted by molar-refractivity contribution is 5.86. The predicted molar refractivity (Wildman–Crippen MR) is 88.7 cm³/mol. The van der Waals surface area contributed by atoms with Crippen molar-refractivity contribution >= 4 is 24.2 Å². The van der Waals surface area contributed by atoms with Gasteiger partial charge in [-0.1, -0.05) is 30.3 Å². The Morgan fingerprint density at radius 2 is 2.00 bits per heavy atom. The van der Waals surface area contributed by atoms with Crippen LogP contribution in [-0.2, 0) is 16.0 Å². The van der Waals surface area contributed by atoms with Crippen LogP contribution in [0.4, 0.5) is 0 Å². The molecule has 1 aromatic carbocycles. The van der Waals surface area contributed by atoms with Crippen molar-refractivity contribution in [3.8, 4) is 0 Å². The molecule has 3 N–H and O–H groups in total. The van der Waals surface area contributed by atoms with Crippen molar-refractivity contribution in [2.24, 2.45) is 11.7 Å². The molecule has 2 rings (SSSR count). The smallest absolute Gasteiger partial charge is 0.242 e. The van der Waals surface area contributed by atoms with E-state index in [1.165, 1.54) is 5.56 Å². The fourth-order valence-electron chi connectivity index (χ4n) is 2.89. The van der Waals surface area contributed by atoms with Gasteiger partial charge in [0, 0.05) is 12.6 Å². The Morgan fingerprint density at radius 1 is 1.32 bits per heavy atom. The molecule has 122 valence electrons. The van der Waals surface area contributed by atoms with E-state index in [1.54, 1.807) is 0 Å². The molecule has 2 amide bonds. The minimum absolute atomic E-state index is 0. The zero-order valence-electron chi connectivity index (χ0n) is 12.8. The zero-order valence-corrected chi connectivity index (χ0v) is 13.6. The van der Waals surface area contributed by atoms with Gasteiger partial charge in [-0.25, -0.2) is 0 Å². The molecule has 0 spiro atoms. The van der Waals surface area contributed by atoms with Crippen LogP contribution in [0.2, 0.25) is 0 Å². The van der Waals surface area contributed by atoms with Gasteiger partial charge >= 0.3 is 0 Å². The Morgan fingerprint density at radius 3 is 2.64 bits per heavy atom. The lowest BCUT2D eigenvalue weighted by atomic mass is 9.93. The molecule has 5 nitrogen and oxygen atoms in total. The number of carbonyl (C=O) groups excluding carboxylic acids is 2. The van der Waals surface area contributed by atoms with Crippen molar-refractivity contribution in [2.45, 2.75) is 25.8 Å². The van der Waals surface area contributed by atoms with E-state index in [1.807, 2.05) is 23.1 Å². The summed E-state index contributed by atoms with van der Waals surface area (Å²) in [5.41, 5.74) is 6.52. The molecule has 1 aliphatic heterocycles. The van der Waals surface area contributed by atoms with Gasteiger partial charge in [-0.2, -0.15) is 0 Å². The Hall–Kier alpha value is -1.59. The number of halogens is 1. The van der Waals surface area contributed by atoms with Crippen LogP contribution < -0.4 is 11.1 Å². The van der Waals surface area contributed by atoms with E-state index in [0.29, 0.717) is 5.92 Å². The first-order chi connectivity index (χ1) is 10.1. The molecule has 0 radical (unpaired) electrons. The summed E-state index contributed by atoms with van der Waals surface area (Å²) in [6.07, 6.45) is 1.99. The number of carbonyl (C=O) groups is 2. The number of nitrogens with two attached hydrogens (primary N) is 1. The number of rotatable bonds is 5. The molecular formula is C16H24ClN3O2. The predicted octanol–water partition coefficient (Wildman–Crippen LogP) is 0.963. The number of hydrogen-bond donors (Lipinski definition) is 2. The molecule has 0 aliphatic carbocycles. The minimum Gasteiger partial charge on any atom is -0.346 e. The number of hydrogen-bond acceptors (Lipinski definition) is 3. The van der Waals surface area contributed by atoms with Crippen LogP contribution in [0.15, 0.2) is 30.3 Å². The van der Waals surface area contributed by atoms with Crippen LogP contribution in [0.25, 0.3) is 0 Å². The normalized spacial score (nSPS) is 20.4. The molecule has 1 aromatic rings. The van der Waals surface area contributed by atoms with Crippen LogP contribution in [0.5, 0.6) is 0 Å². The van der Waals surface area contributed by atoms with E-state index in [0.717, 1.165) is 19.4 Å². The number of benzene rings is 1. The maximum absolute atomic E-state index is 12.1. The molecule has 2 atom stereocenters. The van der Waals surface area contributed by atoms with E-state index < -0.39 is 0 Å². The summed E-state index contributed by atoms with van der Waals surface area (Å²) in [5.74, 6) is 0.150. The number of amides is 2. The van der Waals surface area contributed by atoms with Crippen molar-refractivity contribution in [1.29, 1.82) is 0 Å². The average Bonchev–Trinajstić information content (AvgIpc) is 2.86. The molecule has 0 aromatic heterocycles. The quantitative estimate of drug-likeness (QED) is 0.846. The van der Waals surface area contributed by atoms with Crippen LogP contribution in [0.3, 0.4) is 0 Å². The third kappa shape index (κ3) is 4.71. The second-order valence-corrected chi connectivity index (χ2v) is 5.55. The third-order valence-corrected chi connectivity index (χ3v) is 4.20.